The van der Waals surface area contributed by atoms with Gasteiger partial charge in [0.2, 0.25) is 5.91 Å². The van der Waals surface area contributed by atoms with E-state index < -0.39 is 17.2 Å². The number of amides is 3. The summed E-state index contributed by atoms with van der Waals surface area (Å²) in [6, 6.07) is 9.28. The number of hydrogen-bond acceptors (Lipinski definition) is 6. The van der Waals surface area contributed by atoms with Gasteiger partial charge in [0, 0.05) is 50.2 Å². The molecule has 10 heteroatoms. The fraction of sp³-hybridized carbons (Fsp3) is 0.321. The molecule has 38 heavy (non-hydrogen) atoms. The van der Waals surface area contributed by atoms with Gasteiger partial charge in [-0.2, -0.15) is 5.10 Å². The molecule has 1 fully saturated rings. The van der Waals surface area contributed by atoms with Crippen molar-refractivity contribution in [3.8, 4) is 0 Å². The summed E-state index contributed by atoms with van der Waals surface area (Å²) in [5.74, 6) is -0.680. The van der Waals surface area contributed by atoms with Gasteiger partial charge in [0.15, 0.2) is 0 Å². The molecule has 10 nitrogen and oxygen atoms in total. The van der Waals surface area contributed by atoms with Gasteiger partial charge in [-0.3, -0.25) is 19.1 Å². The van der Waals surface area contributed by atoms with Crippen molar-refractivity contribution in [2.75, 3.05) is 23.8 Å². The van der Waals surface area contributed by atoms with E-state index in [1.54, 1.807) is 29.2 Å². The highest BCUT2D eigenvalue weighted by Gasteiger charge is 2.48. The van der Waals surface area contributed by atoms with E-state index in [0.717, 1.165) is 27.8 Å². The third-order valence-corrected chi connectivity index (χ3v) is 7.73. The number of carbonyl (C=O) groups excluding carboxylic acids is 3. The van der Waals surface area contributed by atoms with Crippen molar-refractivity contribution >= 4 is 34.8 Å². The van der Waals surface area contributed by atoms with Gasteiger partial charge in [0.05, 0.1) is 11.1 Å². The van der Waals surface area contributed by atoms with E-state index in [0.29, 0.717) is 50.4 Å². The summed E-state index contributed by atoms with van der Waals surface area (Å²) < 4.78 is 7.04. The number of rotatable bonds is 5. The average molecular weight is 513 g/mol. The first-order valence-electron chi connectivity index (χ1n) is 12.8. The van der Waals surface area contributed by atoms with Gasteiger partial charge >= 0.3 is 0 Å². The summed E-state index contributed by atoms with van der Waals surface area (Å²) in [6.07, 6.45) is 4.96. The van der Waals surface area contributed by atoms with Crippen molar-refractivity contribution < 1.29 is 19.1 Å². The van der Waals surface area contributed by atoms with Gasteiger partial charge < -0.3 is 20.7 Å². The molecule has 2 aliphatic heterocycles. The van der Waals surface area contributed by atoms with E-state index in [1.165, 1.54) is 0 Å². The maximum absolute atomic E-state index is 13.6. The van der Waals surface area contributed by atoms with Gasteiger partial charge in [-0.25, -0.2) is 4.98 Å². The Morgan fingerprint density at radius 3 is 2.79 bits per heavy atom. The fourth-order valence-electron chi connectivity index (χ4n) is 5.69. The lowest BCUT2D eigenvalue weighted by Crippen LogP contribution is -2.40. The molecule has 2 aromatic heterocycles. The molecular weight excluding hydrogens is 484 g/mol. The second kappa shape index (κ2) is 9.21. The average Bonchev–Trinajstić information content (AvgIpc) is 3.47. The molecule has 0 atom stereocenters. The Morgan fingerprint density at radius 1 is 1.21 bits per heavy atom. The molecule has 6 rings (SSSR count). The van der Waals surface area contributed by atoms with Crippen LogP contribution in [0, 0.1) is 6.92 Å². The standard InChI is InChI=1S/C28H28N6O4/c1-3-34-21(7-10-30-34)25(35)33-24(18-13-17-6-4-5-16(2)23(17)18)26(36)32-22-14-20-19(15-29-22)28(27(37)31-20)8-11-38-12-9-28/h4-7,10,14-15H,3,8-9,11-13H2,1-2H3,(H,31,37)(H,33,35)(H,29,32,36). The van der Waals surface area contributed by atoms with Crippen molar-refractivity contribution in [3.63, 3.8) is 0 Å². The molecule has 194 valence electrons. The number of aryl methyl sites for hydroxylation is 2. The minimum absolute atomic E-state index is 0.0646. The summed E-state index contributed by atoms with van der Waals surface area (Å²) in [5.41, 5.74) is 5.25. The van der Waals surface area contributed by atoms with Crippen LogP contribution in [0.5, 0.6) is 0 Å². The Bertz CT molecular complexity index is 1500. The number of pyridine rings is 1. The summed E-state index contributed by atoms with van der Waals surface area (Å²) >= 11 is 0. The molecule has 1 spiro atoms. The summed E-state index contributed by atoms with van der Waals surface area (Å²) in [4.78, 5) is 44.2. The van der Waals surface area contributed by atoms with E-state index in [-0.39, 0.29) is 17.4 Å². The monoisotopic (exact) mass is 512 g/mol. The van der Waals surface area contributed by atoms with E-state index >= 15 is 0 Å². The highest BCUT2D eigenvalue weighted by molar-refractivity contribution is 6.14. The first-order chi connectivity index (χ1) is 18.4. The van der Waals surface area contributed by atoms with Crippen LogP contribution in [0.2, 0.25) is 0 Å². The Hall–Kier alpha value is -4.31. The first-order valence-corrected chi connectivity index (χ1v) is 12.8. The molecule has 1 aromatic carbocycles. The van der Waals surface area contributed by atoms with E-state index in [4.69, 9.17) is 4.74 Å². The number of anilines is 2. The lowest BCUT2D eigenvalue weighted by atomic mass is 9.76. The third kappa shape index (κ3) is 3.79. The SMILES string of the molecule is CCn1nccc1C(=O)NC(C(=O)Nc1cc2c(cn1)C1(CCOCC1)C(=O)N2)=C1Cc2cccc(C)c21. The van der Waals surface area contributed by atoms with Gasteiger partial charge in [0.1, 0.15) is 17.2 Å². The fourth-order valence-corrected chi connectivity index (χ4v) is 5.69. The number of benzene rings is 1. The molecule has 0 radical (unpaired) electrons. The molecule has 0 unspecified atom stereocenters. The Balaban J connectivity index is 1.32. The van der Waals surface area contributed by atoms with Crippen LogP contribution in [0.15, 0.2) is 48.4 Å². The van der Waals surface area contributed by atoms with Crippen LogP contribution >= 0.6 is 0 Å². The molecule has 4 heterocycles. The van der Waals surface area contributed by atoms with Gasteiger partial charge in [-0.1, -0.05) is 18.2 Å². The molecule has 3 N–H and O–H groups in total. The highest BCUT2D eigenvalue weighted by atomic mass is 16.5. The molecule has 0 bridgehead atoms. The second-order valence-corrected chi connectivity index (χ2v) is 9.84. The molecule has 0 saturated carbocycles. The van der Waals surface area contributed by atoms with Crippen molar-refractivity contribution in [1.29, 1.82) is 0 Å². The Morgan fingerprint density at radius 2 is 2.03 bits per heavy atom. The number of hydrogen-bond donors (Lipinski definition) is 3. The van der Waals surface area contributed by atoms with Crippen molar-refractivity contribution in [2.24, 2.45) is 0 Å². The topological polar surface area (TPSA) is 127 Å². The molecule has 3 amide bonds. The largest absolute Gasteiger partial charge is 0.381 e. The van der Waals surface area contributed by atoms with E-state index in [9.17, 15) is 14.4 Å². The van der Waals surface area contributed by atoms with Crippen molar-refractivity contribution in [3.05, 3.63) is 76.4 Å². The van der Waals surface area contributed by atoms with Crippen molar-refractivity contribution in [1.82, 2.24) is 20.1 Å². The van der Waals surface area contributed by atoms with Crippen LogP contribution < -0.4 is 16.0 Å². The van der Waals surface area contributed by atoms with Crippen LogP contribution in [-0.2, 0) is 32.7 Å². The minimum Gasteiger partial charge on any atom is -0.381 e. The predicted octanol–water partition coefficient (Wildman–Crippen LogP) is 2.94. The Labute approximate surface area is 219 Å². The summed E-state index contributed by atoms with van der Waals surface area (Å²) in [6.45, 7) is 5.43. The van der Waals surface area contributed by atoms with Crippen molar-refractivity contribution in [2.45, 2.75) is 45.1 Å². The van der Waals surface area contributed by atoms with Gasteiger partial charge in [-0.05, 0) is 55.0 Å². The second-order valence-electron chi connectivity index (χ2n) is 9.84. The van der Waals surface area contributed by atoms with Crippen LogP contribution in [0.25, 0.3) is 5.57 Å². The van der Waals surface area contributed by atoms with E-state index in [2.05, 4.69) is 26.0 Å². The smallest absolute Gasteiger partial charge is 0.274 e. The zero-order valence-corrected chi connectivity index (χ0v) is 21.3. The maximum Gasteiger partial charge on any atom is 0.274 e. The molecule has 3 aromatic rings. The van der Waals surface area contributed by atoms with Gasteiger partial charge in [-0.15, -0.1) is 0 Å². The highest BCUT2D eigenvalue weighted by Crippen LogP contribution is 2.45. The number of nitrogens with zero attached hydrogens (tertiary/aromatic N) is 3. The van der Waals surface area contributed by atoms with Crippen LogP contribution in [0.3, 0.4) is 0 Å². The number of ether oxygens (including phenoxy) is 1. The normalized spacial score (nSPS) is 18.2. The Kier molecular flexibility index (Phi) is 5.83. The quantitative estimate of drug-likeness (QED) is 0.451. The molecule has 3 aliphatic rings. The molecule has 1 aliphatic carbocycles. The van der Waals surface area contributed by atoms with Crippen LogP contribution in [0.1, 0.15) is 52.5 Å². The summed E-state index contributed by atoms with van der Waals surface area (Å²) in [5, 5.41) is 12.8. The zero-order chi connectivity index (χ0) is 26.4. The number of fused-ring (bicyclic) bond motifs is 3. The van der Waals surface area contributed by atoms with E-state index in [1.807, 2.05) is 32.0 Å². The third-order valence-electron chi connectivity index (χ3n) is 7.73. The zero-order valence-electron chi connectivity index (χ0n) is 21.3. The first kappa shape index (κ1) is 24.1. The minimum atomic E-state index is -0.639. The van der Waals surface area contributed by atoms with Crippen LogP contribution in [-0.4, -0.2) is 45.7 Å². The summed E-state index contributed by atoms with van der Waals surface area (Å²) in [7, 11) is 0. The molecule has 1 saturated heterocycles. The number of carbonyl (C=O) groups is 3. The lowest BCUT2D eigenvalue weighted by molar-refractivity contribution is -0.124. The molecular formula is C28H28N6O4. The number of aromatic nitrogens is 3. The maximum atomic E-state index is 13.6. The lowest BCUT2D eigenvalue weighted by Gasteiger charge is -2.31. The number of nitrogens with one attached hydrogen (secondary N) is 3. The van der Waals surface area contributed by atoms with Crippen LogP contribution in [0.4, 0.5) is 11.5 Å². The number of allylic oxidation sites excluding steroid dienone is 1. The van der Waals surface area contributed by atoms with Gasteiger partial charge in [0.25, 0.3) is 11.8 Å². The predicted molar refractivity (Wildman–Crippen MR) is 140 cm³/mol.